The molecule has 2 fully saturated rings. The zero-order chi connectivity index (χ0) is 13.9. The molecular formula is C17H29N3. The highest BCUT2D eigenvalue weighted by molar-refractivity contribution is 5.04. The van der Waals surface area contributed by atoms with Crippen molar-refractivity contribution in [1.82, 2.24) is 15.1 Å². The van der Waals surface area contributed by atoms with Gasteiger partial charge in [0.25, 0.3) is 0 Å². The number of aryl methyl sites for hydroxylation is 2. The second kappa shape index (κ2) is 6.30. The van der Waals surface area contributed by atoms with Gasteiger partial charge in [-0.1, -0.05) is 13.3 Å². The molecule has 0 aromatic carbocycles. The minimum atomic E-state index is 0.699. The first-order chi connectivity index (χ1) is 9.74. The van der Waals surface area contributed by atoms with Crippen LogP contribution in [0.15, 0.2) is 12.4 Å². The summed E-state index contributed by atoms with van der Waals surface area (Å²) in [5, 5.41) is 7.99. The van der Waals surface area contributed by atoms with Crippen LogP contribution in [0.3, 0.4) is 0 Å². The molecule has 1 aromatic heterocycles. The molecule has 3 nitrogen and oxygen atoms in total. The van der Waals surface area contributed by atoms with Gasteiger partial charge in [0.05, 0.1) is 6.20 Å². The van der Waals surface area contributed by atoms with Crippen molar-refractivity contribution >= 4 is 0 Å². The van der Waals surface area contributed by atoms with Crippen LogP contribution in [-0.4, -0.2) is 22.4 Å². The van der Waals surface area contributed by atoms with Gasteiger partial charge in [0.2, 0.25) is 0 Å². The van der Waals surface area contributed by atoms with E-state index in [1.807, 2.05) is 17.9 Å². The van der Waals surface area contributed by atoms with E-state index in [1.165, 1.54) is 44.1 Å². The van der Waals surface area contributed by atoms with Crippen LogP contribution in [0.2, 0.25) is 0 Å². The highest BCUT2D eigenvalue weighted by atomic mass is 15.2. The summed E-state index contributed by atoms with van der Waals surface area (Å²) in [6.45, 7) is 3.33. The number of rotatable bonds is 7. The predicted molar refractivity (Wildman–Crippen MR) is 82.5 cm³/mol. The Bertz CT molecular complexity index is 426. The molecule has 2 aliphatic rings. The van der Waals surface area contributed by atoms with Gasteiger partial charge in [-0.05, 0) is 68.4 Å². The Morgan fingerprint density at radius 2 is 2.30 bits per heavy atom. The van der Waals surface area contributed by atoms with Gasteiger partial charge < -0.3 is 5.32 Å². The van der Waals surface area contributed by atoms with Crippen molar-refractivity contribution in [2.45, 2.75) is 57.9 Å². The van der Waals surface area contributed by atoms with Crippen molar-refractivity contribution in [2.24, 2.45) is 24.8 Å². The zero-order valence-corrected chi connectivity index (χ0v) is 13.0. The van der Waals surface area contributed by atoms with Gasteiger partial charge in [-0.3, -0.25) is 4.68 Å². The molecule has 4 atom stereocenters. The Balaban J connectivity index is 1.50. The molecule has 0 saturated heterocycles. The van der Waals surface area contributed by atoms with Crippen molar-refractivity contribution in [2.75, 3.05) is 6.54 Å². The lowest BCUT2D eigenvalue weighted by atomic mass is 9.83. The number of fused-ring (bicyclic) bond motifs is 2. The topological polar surface area (TPSA) is 29.9 Å². The molecule has 20 heavy (non-hydrogen) atoms. The van der Waals surface area contributed by atoms with Crippen molar-refractivity contribution in [1.29, 1.82) is 0 Å². The van der Waals surface area contributed by atoms with Crippen molar-refractivity contribution in [3.05, 3.63) is 18.0 Å². The minimum absolute atomic E-state index is 0.699. The molecule has 0 radical (unpaired) electrons. The number of nitrogens with one attached hydrogen (secondary N) is 1. The lowest BCUT2D eigenvalue weighted by molar-refractivity contribution is 0.273. The first-order valence-corrected chi connectivity index (χ1v) is 8.45. The molecule has 0 aliphatic heterocycles. The highest BCUT2D eigenvalue weighted by Gasteiger charge is 2.39. The minimum Gasteiger partial charge on any atom is -0.314 e. The van der Waals surface area contributed by atoms with Crippen LogP contribution in [0.4, 0.5) is 0 Å². The van der Waals surface area contributed by atoms with E-state index in [2.05, 4.69) is 23.5 Å². The van der Waals surface area contributed by atoms with Crippen molar-refractivity contribution in [3.63, 3.8) is 0 Å². The average Bonchev–Trinajstić information content (AvgIpc) is 3.13. The van der Waals surface area contributed by atoms with Gasteiger partial charge in [0.15, 0.2) is 0 Å². The molecule has 3 heteroatoms. The van der Waals surface area contributed by atoms with Crippen LogP contribution in [0.25, 0.3) is 0 Å². The van der Waals surface area contributed by atoms with Crippen LogP contribution in [0.1, 0.15) is 51.0 Å². The van der Waals surface area contributed by atoms with E-state index in [0.717, 1.165) is 30.7 Å². The fourth-order valence-corrected chi connectivity index (χ4v) is 4.56. The van der Waals surface area contributed by atoms with E-state index in [9.17, 15) is 0 Å². The molecule has 4 unspecified atom stereocenters. The van der Waals surface area contributed by atoms with Crippen LogP contribution in [-0.2, 0) is 13.5 Å². The van der Waals surface area contributed by atoms with Crippen LogP contribution < -0.4 is 5.32 Å². The second-order valence-electron chi connectivity index (χ2n) is 6.99. The maximum absolute atomic E-state index is 4.27. The van der Waals surface area contributed by atoms with E-state index in [4.69, 9.17) is 0 Å². The van der Waals surface area contributed by atoms with Crippen molar-refractivity contribution in [3.8, 4) is 0 Å². The summed E-state index contributed by atoms with van der Waals surface area (Å²) in [4.78, 5) is 0. The van der Waals surface area contributed by atoms with Crippen LogP contribution >= 0.6 is 0 Å². The summed E-state index contributed by atoms with van der Waals surface area (Å²) in [5.74, 6) is 3.14. The second-order valence-corrected chi connectivity index (χ2v) is 6.99. The molecule has 1 N–H and O–H groups in total. The summed E-state index contributed by atoms with van der Waals surface area (Å²) in [7, 11) is 2.00. The van der Waals surface area contributed by atoms with E-state index in [-0.39, 0.29) is 0 Å². The summed E-state index contributed by atoms with van der Waals surface area (Å²) in [5.41, 5.74) is 1.38. The Kier molecular flexibility index (Phi) is 4.45. The first-order valence-electron chi connectivity index (χ1n) is 8.45. The smallest absolute Gasteiger partial charge is 0.0521 e. The maximum atomic E-state index is 4.27. The van der Waals surface area contributed by atoms with E-state index >= 15 is 0 Å². The van der Waals surface area contributed by atoms with Gasteiger partial charge in [0.1, 0.15) is 0 Å². The van der Waals surface area contributed by atoms with Crippen LogP contribution in [0, 0.1) is 17.8 Å². The van der Waals surface area contributed by atoms with E-state index in [1.54, 1.807) is 0 Å². The SMILES string of the molecule is CCNC(CCc1cnn(C)c1)CC1CC2CCC1C2. The third-order valence-corrected chi connectivity index (χ3v) is 5.50. The summed E-state index contributed by atoms with van der Waals surface area (Å²) < 4.78 is 1.91. The van der Waals surface area contributed by atoms with Gasteiger partial charge in [-0.2, -0.15) is 5.10 Å². The molecular weight excluding hydrogens is 246 g/mol. The Labute approximate surface area is 123 Å². The predicted octanol–water partition coefficient (Wildman–Crippen LogP) is 3.16. The quantitative estimate of drug-likeness (QED) is 0.828. The molecule has 2 aliphatic carbocycles. The molecule has 2 saturated carbocycles. The molecule has 0 spiro atoms. The average molecular weight is 275 g/mol. The Morgan fingerprint density at radius 1 is 1.40 bits per heavy atom. The standard InChI is InChI=1S/C17H29N3/c1-3-18-17(7-5-14-11-19-20(2)12-14)10-16-9-13-4-6-15(16)8-13/h11-13,15-18H,3-10H2,1-2H3. The maximum Gasteiger partial charge on any atom is 0.0521 e. The third kappa shape index (κ3) is 3.25. The summed E-state index contributed by atoms with van der Waals surface area (Å²) in [6.07, 6.45) is 14.1. The van der Waals surface area contributed by atoms with Gasteiger partial charge >= 0.3 is 0 Å². The lowest BCUT2D eigenvalue weighted by Gasteiger charge is -2.27. The number of nitrogens with zero attached hydrogens (tertiary/aromatic N) is 2. The largest absolute Gasteiger partial charge is 0.314 e. The summed E-state index contributed by atoms with van der Waals surface area (Å²) >= 11 is 0. The molecule has 1 aromatic rings. The highest BCUT2D eigenvalue weighted by Crippen LogP contribution is 2.50. The van der Waals surface area contributed by atoms with E-state index < -0.39 is 0 Å². The Morgan fingerprint density at radius 3 is 2.90 bits per heavy atom. The molecule has 2 bridgehead atoms. The molecule has 3 rings (SSSR count). The van der Waals surface area contributed by atoms with Gasteiger partial charge in [-0.25, -0.2) is 0 Å². The normalized spacial score (nSPS) is 30.0. The number of aromatic nitrogens is 2. The fraction of sp³-hybridized carbons (Fsp3) is 0.824. The third-order valence-electron chi connectivity index (χ3n) is 5.50. The summed E-state index contributed by atoms with van der Waals surface area (Å²) in [6, 6.07) is 0.699. The van der Waals surface area contributed by atoms with Crippen molar-refractivity contribution < 1.29 is 0 Å². The fourth-order valence-electron chi connectivity index (χ4n) is 4.56. The number of hydrogen-bond donors (Lipinski definition) is 1. The molecule has 112 valence electrons. The van der Waals surface area contributed by atoms with Gasteiger partial charge in [0, 0.05) is 19.3 Å². The molecule has 1 heterocycles. The monoisotopic (exact) mass is 275 g/mol. The Hall–Kier alpha value is -0.830. The molecule has 0 amide bonds. The van der Waals surface area contributed by atoms with Crippen LogP contribution in [0.5, 0.6) is 0 Å². The zero-order valence-electron chi connectivity index (χ0n) is 13.0. The lowest BCUT2D eigenvalue weighted by Crippen LogP contribution is -2.32. The number of hydrogen-bond acceptors (Lipinski definition) is 2. The van der Waals surface area contributed by atoms with Gasteiger partial charge in [-0.15, -0.1) is 0 Å². The first kappa shape index (κ1) is 14.1. The van der Waals surface area contributed by atoms with E-state index in [0.29, 0.717) is 6.04 Å².